The van der Waals surface area contributed by atoms with Gasteiger partial charge >= 0.3 is 0 Å². The van der Waals surface area contributed by atoms with Crippen LogP contribution in [0.25, 0.3) is 0 Å². The average molecular weight is 252 g/mol. The maximum Gasteiger partial charge on any atom is 0.224 e. The first kappa shape index (κ1) is 14.6. The molecule has 0 aromatic carbocycles. The van der Waals surface area contributed by atoms with Crippen molar-refractivity contribution in [2.75, 3.05) is 5.32 Å². The molecule has 0 aliphatic carbocycles. The van der Waals surface area contributed by atoms with Crippen LogP contribution in [0.3, 0.4) is 0 Å². The summed E-state index contributed by atoms with van der Waals surface area (Å²) in [7, 11) is 0. The molecule has 0 bridgehead atoms. The number of nitrogens with zero attached hydrogens (tertiary/aromatic N) is 1. The number of rotatable bonds is 4. The lowest BCUT2D eigenvalue weighted by molar-refractivity contribution is -0.117. The Morgan fingerprint density at radius 1 is 1.44 bits per heavy atom. The van der Waals surface area contributed by atoms with Gasteiger partial charge in [0.2, 0.25) is 11.9 Å². The zero-order chi connectivity index (χ0) is 13.8. The van der Waals surface area contributed by atoms with Crippen molar-refractivity contribution in [3.8, 4) is 0 Å². The molecular weight excluding hydrogens is 231 g/mol. The molecule has 3 nitrogen and oxygen atoms in total. The standard InChI is InChI=1S/C14H21FN2O/c1-10(8-14(2,3)4)7-13(18)17-11-5-6-12(15)16-9-11/h5-6,9-10H,7-8H2,1-4H3,(H,17,18). The van der Waals surface area contributed by atoms with Gasteiger partial charge in [0, 0.05) is 6.42 Å². The molecule has 1 N–H and O–H groups in total. The zero-order valence-electron chi connectivity index (χ0n) is 11.5. The largest absolute Gasteiger partial charge is 0.325 e. The van der Waals surface area contributed by atoms with Crippen molar-refractivity contribution in [3.05, 3.63) is 24.3 Å². The molecule has 18 heavy (non-hydrogen) atoms. The molecule has 1 aromatic rings. The number of hydrogen-bond donors (Lipinski definition) is 1. The van der Waals surface area contributed by atoms with Gasteiger partial charge in [0.25, 0.3) is 0 Å². The second kappa shape index (κ2) is 5.94. The second-order valence-corrected chi connectivity index (χ2v) is 5.99. The average Bonchev–Trinajstić information content (AvgIpc) is 2.18. The number of amides is 1. The minimum absolute atomic E-state index is 0.0554. The van der Waals surface area contributed by atoms with Gasteiger partial charge in [-0.3, -0.25) is 4.79 Å². The molecule has 0 aliphatic heterocycles. The molecule has 0 saturated carbocycles. The van der Waals surface area contributed by atoms with E-state index in [0.717, 1.165) is 6.42 Å². The summed E-state index contributed by atoms with van der Waals surface area (Å²) in [4.78, 5) is 15.3. The number of anilines is 1. The molecule has 1 amide bonds. The number of carbonyl (C=O) groups excluding carboxylic acids is 1. The van der Waals surface area contributed by atoms with Crippen molar-refractivity contribution in [3.63, 3.8) is 0 Å². The zero-order valence-corrected chi connectivity index (χ0v) is 11.5. The van der Waals surface area contributed by atoms with Gasteiger partial charge in [-0.2, -0.15) is 4.39 Å². The van der Waals surface area contributed by atoms with Crippen LogP contribution in [0.5, 0.6) is 0 Å². The van der Waals surface area contributed by atoms with Gasteiger partial charge in [0.1, 0.15) is 0 Å². The molecule has 1 aromatic heterocycles. The highest BCUT2D eigenvalue weighted by Gasteiger charge is 2.17. The quantitative estimate of drug-likeness (QED) is 0.831. The summed E-state index contributed by atoms with van der Waals surface area (Å²) >= 11 is 0. The smallest absolute Gasteiger partial charge is 0.224 e. The lowest BCUT2D eigenvalue weighted by atomic mass is 9.84. The molecule has 0 aliphatic rings. The van der Waals surface area contributed by atoms with E-state index in [1.54, 1.807) is 0 Å². The summed E-state index contributed by atoms with van der Waals surface area (Å²) in [6, 6.07) is 2.74. The number of carbonyl (C=O) groups is 1. The maximum atomic E-state index is 12.6. The van der Waals surface area contributed by atoms with Crippen LogP contribution in [0, 0.1) is 17.3 Å². The Morgan fingerprint density at radius 2 is 2.11 bits per heavy atom. The van der Waals surface area contributed by atoms with Crippen molar-refractivity contribution in [2.45, 2.75) is 40.5 Å². The highest BCUT2D eigenvalue weighted by Crippen LogP contribution is 2.26. The molecule has 0 fully saturated rings. The van der Waals surface area contributed by atoms with Gasteiger partial charge in [-0.25, -0.2) is 4.98 Å². The number of hydrogen-bond acceptors (Lipinski definition) is 2. The van der Waals surface area contributed by atoms with Gasteiger partial charge in [-0.1, -0.05) is 27.7 Å². The first-order chi connectivity index (χ1) is 8.26. The Hall–Kier alpha value is -1.45. The number of pyridine rings is 1. The lowest BCUT2D eigenvalue weighted by Crippen LogP contribution is -2.19. The van der Waals surface area contributed by atoms with E-state index in [4.69, 9.17) is 0 Å². The minimum Gasteiger partial charge on any atom is -0.325 e. The fourth-order valence-electron chi connectivity index (χ4n) is 2.10. The van der Waals surface area contributed by atoms with E-state index in [-0.39, 0.29) is 11.3 Å². The number of halogens is 1. The maximum absolute atomic E-state index is 12.6. The Kier molecular flexibility index (Phi) is 4.82. The fraction of sp³-hybridized carbons (Fsp3) is 0.571. The van der Waals surface area contributed by atoms with Gasteiger partial charge in [0.15, 0.2) is 0 Å². The summed E-state index contributed by atoms with van der Waals surface area (Å²) in [6.45, 7) is 8.54. The summed E-state index contributed by atoms with van der Waals surface area (Å²) in [5.41, 5.74) is 0.751. The Balaban J connectivity index is 2.44. The lowest BCUT2D eigenvalue weighted by Gasteiger charge is -2.22. The molecule has 1 rings (SSSR count). The van der Waals surface area contributed by atoms with Crippen LogP contribution in [0.1, 0.15) is 40.5 Å². The number of aromatic nitrogens is 1. The SMILES string of the molecule is CC(CC(=O)Nc1ccc(F)nc1)CC(C)(C)C. The molecule has 4 heteroatoms. The van der Waals surface area contributed by atoms with Gasteiger partial charge in [-0.05, 0) is 29.9 Å². The van der Waals surface area contributed by atoms with Crippen LogP contribution in [-0.4, -0.2) is 10.9 Å². The molecule has 1 heterocycles. The highest BCUT2D eigenvalue weighted by atomic mass is 19.1. The molecule has 0 saturated heterocycles. The van der Waals surface area contributed by atoms with Crippen molar-refractivity contribution >= 4 is 11.6 Å². The fourth-order valence-corrected chi connectivity index (χ4v) is 2.10. The summed E-state index contributed by atoms with van der Waals surface area (Å²) in [5.74, 6) is -0.285. The van der Waals surface area contributed by atoms with E-state index in [2.05, 4.69) is 38.0 Å². The summed E-state index contributed by atoms with van der Waals surface area (Å²) < 4.78 is 12.6. The van der Waals surface area contributed by atoms with Crippen LogP contribution in [0.15, 0.2) is 18.3 Å². The van der Waals surface area contributed by atoms with Crippen molar-refractivity contribution in [1.82, 2.24) is 4.98 Å². The highest BCUT2D eigenvalue weighted by molar-refractivity contribution is 5.90. The van der Waals surface area contributed by atoms with Crippen LogP contribution in [-0.2, 0) is 4.79 Å². The third-order valence-electron chi connectivity index (χ3n) is 2.51. The van der Waals surface area contributed by atoms with Gasteiger partial charge in [-0.15, -0.1) is 0 Å². The minimum atomic E-state index is -0.547. The molecule has 1 unspecified atom stereocenters. The molecule has 1 atom stereocenters. The van der Waals surface area contributed by atoms with E-state index in [1.165, 1.54) is 18.3 Å². The van der Waals surface area contributed by atoms with Crippen LogP contribution in [0.4, 0.5) is 10.1 Å². The van der Waals surface area contributed by atoms with Gasteiger partial charge < -0.3 is 5.32 Å². The van der Waals surface area contributed by atoms with E-state index in [0.29, 0.717) is 18.0 Å². The summed E-state index contributed by atoms with van der Waals surface area (Å²) in [6.07, 6.45) is 2.78. The molecular formula is C14H21FN2O. The summed E-state index contributed by atoms with van der Waals surface area (Å²) in [5, 5.41) is 2.72. The molecule has 100 valence electrons. The molecule has 0 spiro atoms. The second-order valence-electron chi connectivity index (χ2n) is 5.99. The van der Waals surface area contributed by atoms with Crippen LogP contribution in [0.2, 0.25) is 0 Å². The normalized spacial score (nSPS) is 13.2. The first-order valence-corrected chi connectivity index (χ1v) is 6.18. The van der Waals surface area contributed by atoms with Crippen molar-refractivity contribution in [1.29, 1.82) is 0 Å². The monoisotopic (exact) mass is 252 g/mol. The van der Waals surface area contributed by atoms with Crippen LogP contribution < -0.4 is 5.32 Å². The molecule has 0 radical (unpaired) electrons. The van der Waals surface area contributed by atoms with E-state index in [1.807, 2.05) is 0 Å². The number of nitrogens with one attached hydrogen (secondary N) is 1. The Bertz CT molecular complexity index is 395. The van der Waals surface area contributed by atoms with Crippen molar-refractivity contribution < 1.29 is 9.18 Å². The van der Waals surface area contributed by atoms with Crippen LogP contribution >= 0.6 is 0 Å². The topological polar surface area (TPSA) is 42.0 Å². The van der Waals surface area contributed by atoms with E-state index < -0.39 is 5.95 Å². The predicted octanol–water partition coefficient (Wildman–Crippen LogP) is 3.62. The van der Waals surface area contributed by atoms with Gasteiger partial charge in [0.05, 0.1) is 11.9 Å². The Labute approximate surface area is 108 Å². The van der Waals surface area contributed by atoms with E-state index in [9.17, 15) is 9.18 Å². The van der Waals surface area contributed by atoms with E-state index >= 15 is 0 Å². The van der Waals surface area contributed by atoms with Crippen molar-refractivity contribution in [2.24, 2.45) is 11.3 Å². The predicted molar refractivity (Wildman–Crippen MR) is 70.7 cm³/mol. The third-order valence-corrected chi connectivity index (χ3v) is 2.51. The third kappa shape index (κ3) is 5.75. The first-order valence-electron chi connectivity index (χ1n) is 6.18. The Morgan fingerprint density at radius 3 is 2.61 bits per heavy atom.